The quantitative estimate of drug-likeness (QED) is 0.673. The molecule has 0 aliphatic heterocycles. The minimum atomic E-state index is 0.491. The minimum Gasteiger partial charge on any atom is -0.381 e. The van der Waals surface area contributed by atoms with Gasteiger partial charge in [-0.05, 0) is 30.7 Å². The fraction of sp³-hybridized carbons (Fsp3) is 0.500. The SMILES string of the molecule is COC1CCC(c2ccccc2)C1. The average Bonchev–Trinajstić information content (AvgIpc) is 2.67. The second-order valence-corrected chi connectivity index (χ2v) is 3.78. The van der Waals surface area contributed by atoms with Gasteiger partial charge in [0, 0.05) is 7.11 Å². The Kier molecular flexibility index (Phi) is 2.65. The molecular weight excluding hydrogens is 160 g/mol. The van der Waals surface area contributed by atoms with Crippen LogP contribution >= 0.6 is 0 Å². The molecule has 1 aliphatic carbocycles. The van der Waals surface area contributed by atoms with Crippen molar-refractivity contribution < 1.29 is 4.74 Å². The molecular formula is C12H16O. The van der Waals surface area contributed by atoms with Gasteiger partial charge in [-0.25, -0.2) is 0 Å². The van der Waals surface area contributed by atoms with Gasteiger partial charge in [-0.1, -0.05) is 30.3 Å². The first kappa shape index (κ1) is 8.76. The standard InChI is InChI=1S/C12H16O/c1-13-12-8-7-11(9-12)10-5-3-2-4-6-10/h2-6,11-12H,7-9H2,1H3. The van der Waals surface area contributed by atoms with Gasteiger partial charge in [-0.3, -0.25) is 0 Å². The Labute approximate surface area is 79.7 Å². The van der Waals surface area contributed by atoms with Gasteiger partial charge < -0.3 is 4.74 Å². The third kappa shape index (κ3) is 1.92. The van der Waals surface area contributed by atoms with Crippen molar-refractivity contribution >= 4 is 0 Å². The first-order valence-corrected chi connectivity index (χ1v) is 4.98. The molecule has 2 rings (SSSR count). The molecule has 1 saturated carbocycles. The smallest absolute Gasteiger partial charge is 0.0577 e. The maximum absolute atomic E-state index is 5.36. The summed E-state index contributed by atoms with van der Waals surface area (Å²) in [5.41, 5.74) is 1.47. The molecule has 13 heavy (non-hydrogen) atoms. The summed E-state index contributed by atoms with van der Waals surface area (Å²) >= 11 is 0. The van der Waals surface area contributed by atoms with Crippen molar-refractivity contribution in [3.05, 3.63) is 35.9 Å². The van der Waals surface area contributed by atoms with Gasteiger partial charge in [0.15, 0.2) is 0 Å². The van der Waals surface area contributed by atoms with Crippen molar-refractivity contribution in [3.8, 4) is 0 Å². The lowest BCUT2D eigenvalue weighted by molar-refractivity contribution is 0.108. The molecule has 0 bridgehead atoms. The summed E-state index contributed by atoms with van der Waals surface area (Å²) in [6.07, 6.45) is 4.18. The molecule has 0 amide bonds. The molecule has 1 aromatic rings. The van der Waals surface area contributed by atoms with Gasteiger partial charge in [-0.2, -0.15) is 0 Å². The lowest BCUT2D eigenvalue weighted by Gasteiger charge is -2.10. The molecule has 0 heterocycles. The minimum absolute atomic E-state index is 0.491. The molecule has 70 valence electrons. The highest BCUT2D eigenvalue weighted by atomic mass is 16.5. The van der Waals surface area contributed by atoms with E-state index in [1.807, 2.05) is 7.11 Å². The van der Waals surface area contributed by atoms with Gasteiger partial charge in [0.1, 0.15) is 0 Å². The van der Waals surface area contributed by atoms with Gasteiger partial charge in [-0.15, -0.1) is 0 Å². The summed E-state index contributed by atoms with van der Waals surface area (Å²) in [6, 6.07) is 10.8. The number of benzene rings is 1. The van der Waals surface area contributed by atoms with Crippen LogP contribution in [0, 0.1) is 0 Å². The Hall–Kier alpha value is -0.820. The fourth-order valence-electron chi connectivity index (χ4n) is 2.18. The Morgan fingerprint density at radius 2 is 1.92 bits per heavy atom. The highest BCUT2D eigenvalue weighted by Gasteiger charge is 2.25. The van der Waals surface area contributed by atoms with Crippen molar-refractivity contribution in [1.82, 2.24) is 0 Å². The van der Waals surface area contributed by atoms with E-state index in [2.05, 4.69) is 30.3 Å². The number of ether oxygens (including phenoxy) is 1. The summed E-state index contributed by atoms with van der Waals surface area (Å²) in [4.78, 5) is 0. The zero-order valence-corrected chi connectivity index (χ0v) is 8.07. The van der Waals surface area contributed by atoms with E-state index in [0.717, 1.165) is 5.92 Å². The average molecular weight is 176 g/mol. The van der Waals surface area contributed by atoms with E-state index in [4.69, 9.17) is 4.74 Å². The first-order valence-electron chi connectivity index (χ1n) is 4.98. The highest BCUT2D eigenvalue weighted by molar-refractivity contribution is 5.20. The number of hydrogen-bond donors (Lipinski definition) is 0. The summed E-state index contributed by atoms with van der Waals surface area (Å²) in [5.74, 6) is 0.728. The summed E-state index contributed by atoms with van der Waals surface area (Å²) in [5, 5.41) is 0. The maximum Gasteiger partial charge on any atom is 0.0577 e. The molecule has 0 spiro atoms. The summed E-state index contributed by atoms with van der Waals surface area (Å²) in [6.45, 7) is 0. The van der Waals surface area contributed by atoms with Crippen molar-refractivity contribution in [2.45, 2.75) is 31.3 Å². The van der Waals surface area contributed by atoms with Gasteiger partial charge >= 0.3 is 0 Å². The Bertz CT molecular complexity index is 255. The van der Waals surface area contributed by atoms with Crippen molar-refractivity contribution in [1.29, 1.82) is 0 Å². The maximum atomic E-state index is 5.36. The van der Waals surface area contributed by atoms with Crippen molar-refractivity contribution in [2.75, 3.05) is 7.11 Å². The third-order valence-corrected chi connectivity index (χ3v) is 2.99. The van der Waals surface area contributed by atoms with Crippen LogP contribution < -0.4 is 0 Å². The second kappa shape index (κ2) is 3.93. The van der Waals surface area contributed by atoms with Crippen LogP contribution in [0.1, 0.15) is 30.7 Å². The molecule has 0 saturated heterocycles. The highest BCUT2D eigenvalue weighted by Crippen LogP contribution is 2.35. The van der Waals surface area contributed by atoms with Gasteiger partial charge in [0.05, 0.1) is 6.10 Å². The van der Waals surface area contributed by atoms with Crippen LogP contribution in [0.4, 0.5) is 0 Å². The van der Waals surface area contributed by atoms with E-state index >= 15 is 0 Å². The van der Waals surface area contributed by atoms with Crippen LogP contribution in [-0.2, 0) is 4.74 Å². The zero-order chi connectivity index (χ0) is 9.10. The monoisotopic (exact) mass is 176 g/mol. The van der Waals surface area contributed by atoms with E-state index in [1.54, 1.807) is 0 Å². The predicted molar refractivity (Wildman–Crippen MR) is 53.8 cm³/mol. The van der Waals surface area contributed by atoms with E-state index in [0.29, 0.717) is 6.10 Å². The fourth-order valence-corrected chi connectivity index (χ4v) is 2.18. The van der Waals surface area contributed by atoms with Crippen LogP contribution in [0.5, 0.6) is 0 Å². The van der Waals surface area contributed by atoms with E-state index in [9.17, 15) is 0 Å². The van der Waals surface area contributed by atoms with Crippen molar-refractivity contribution in [2.24, 2.45) is 0 Å². The lowest BCUT2D eigenvalue weighted by Crippen LogP contribution is -2.04. The number of rotatable bonds is 2. The summed E-state index contributed by atoms with van der Waals surface area (Å²) in [7, 11) is 1.82. The zero-order valence-electron chi connectivity index (χ0n) is 8.07. The van der Waals surface area contributed by atoms with Gasteiger partial charge in [0.25, 0.3) is 0 Å². The van der Waals surface area contributed by atoms with Gasteiger partial charge in [0.2, 0.25) is 0 Å². The molecule has 1 nitrogen and oxygen atoms in total. The third-order valence-electron chi connectivity index (χ3n) is 2.99. The molecule has 0 aromatic heterocycles. The molecule has 1 heteroatoms. The van der Waals surface area contributed by atoms with Crippen LogP contribution in [0.25, 0.3) is 0 Å². The molecule has 1 aliphatic rings. The van der Waals surface area contributed by atoms with Crippen LogP contribution in [0.2, 0.25) is 0 Å². The van der Waals surface area contributed by atoms with Crippen molar-refractivity contribution in [3.63, 3.8) is 0 Å². The Morgan fingerprint density at radius 1 is 1.15 bits per heavy atom. The van der Waals surface area contributed by atoms with Crippen LogP contribution in [0.15, 0.2) is 30.3 Å². The van der Waals surface area contributed by atoms with Crippen LogP contribution in [-0.4, -0.2) is 13.2 Å². The number of hydrogen-bond acceptors (Lipinski definition) is 1. The molecule has 1 fully saturated rings. The summed E-state index contributed by atoms with van der Waals surface area (Å²) < 4.78 is 5.36. The topological polar surface area (TPSA) is 9.23 Å². The molecule has 0 N–H and O–H groups in total. The predicted octanol–water partition coefficient (Wildman–Crippen LogP) is 2.97. The molecule has 1 aromatic carbocycles. The molecule has 2 atom stereocenters. The lowest BCUT2D eigenvalue weighted by atomic mass is 9.98. The second-order valence-electron chi connectivity index (χ2n) is 3.78. The number of methoxy groups -OCH3 is 1. The molecule has 0 radical (unpaired) electrons. The van der Waals surface area contributed by atoms with E-state index < -0.39 is 0 Å². The first-order chi connectivity index (χ1) is 6.40. The normalized spacial score (nSPS) is 27.8. The Balaban J connectivity index is 2.04. The van der Waals surface area contributed by atoms with E-state index in [-0.39, 0.29) is 0 Å². The van der Waals surface area contributed by atoms with E-state index in [1.165, 1.54) is 24.8 Å². The molecule has 2 unspecified atom stereocenters. The Morgan fingerprint density at radius 3 is 2.54 bits per heavy atom. The van der Waals surface area contributed by atoms with Crippen LogP contribution in [0.3, 0.4) is 0 Å². The largest absolute Gasteiger partial charge is 0.381 e.